The van der Waals surface area contributed by atoms with Crippen LogP contribution < -0.4 is 14.8 Å². The minimum Gasteiger partial charge on any atom is -0.497 e. The average Bonchev–Trinajstić information content (AvgIpc) is 2.73. The van der Waals surface area contributed by atoms with Gasteiger partial charge in [-0.05, 0) is 49.2 Å². The summed E-state index contributed by atoms with van der Waals surface area (Å²) in [6.07, 6.45) is -4.34. The Morgan fingerprint density at radius 1 is 1.06 bits per heavy atom. The molecular formula is C20H21F3N2O5S. The summed E-state index contributed by atoms with van der Waals surface area (Å²) in [4.78, 5) is 12.2. The van der Waals surface area contributed by atoms with Gasteiger partial charge >= 0.3 is 6.36 Å². The van der Waals surface area contributed by atoms with Gasteiger partial charge in [-0.15, -0.1) is 13.2 Å². The van der Waals surface area contributed by atoms with E-state index >= 15 is 0 Å². The highest BCUT2D eigenvalue weighted by Gasteiger charge is 2.34. The molecule has 1 aliphatic rings. The van der Waals surface area contributed by atoms with Crippen LogP contribution in [-0.4, -0.2) is 45.2 Å². The molecule has 11 heteroatoms. The van der Waals surface area contributed by atoms with Gasteiger partial charge in [-0.1, -0.05) is 6.07 Å². The van der Waals surface area contributed by atoms with Crippen LogP contribution in [-0.2, 0) is 14.8 Å². The Hall–Kier alpha value is -2.79. The van der Waals surface area contributed by atoms with E-state index in [1.807, 2.05) is 0 Å². The second-order valence-electron chi connectivity index (χ2n) is 6.92. The van der Waals surface area contributed by atoms with Crippen LogP contribution in [0.25, 0.3) is 0 Å². The number of ether oxygens (including phenoxy) is 2. The number of carbonyl (C=O) groups excluding carboxylic acids is 1. The van der Waals surface area contributed by atoms with Gasteiger partial charge in [0, 0.05) is 30.8 Å². The fourth-order valence-corrected chi connectivity index (χ4v) is 4.76. The lowest BCUT2D eigenvalue weighted by Gasteiger charge is -2.30. The number of benzene rings is 2. The first-order valence-corrected chi connectivity index (χ1v) is 10.8. The summed E-state index contributed by atoms with van der Waals surface area (Å²) in [7, 11) is -2.48. The van der Waals surface area contributed by atoms with Crippen LogP contribution in [0.5, 0.6) is 11.5 Å². The Morgan fingerprint density at radius 3 is 2.29 bits per heavy atom. The van der Waals surface area contributed by atoms with E-state index in [1.54, 1.807) is 24.3 Å². The maximum atomic E-state index is 12.8. The summed E-state index contributed by atoms with van der Waals surface area (Å²) in [5, 5.41) is 2.79. The minimum atomic E-state index is -4.92. The highest BCUT2D eigenvalue weighted by atomic mass is 32.2. The number of nitrogens with zero attached hydrogens (tertiary/aromatic N) is 1. The van der Waals surface area contributed by atoms with Gasteiger partial charge in [0.1, 0.15) is 11.5 Å². The lowest BCUT2D eigenvalue weighted by atomic mass is 9.97. The number of rotatable bonds is 6. The molecule has 2 aromatic carbocycles. The minimum absolute atomic E-state index is 0.0768. The highest BCUT2D eigenvalue weighted by Crippen LogP contribution is 2.29. The average molecular weight is 458 g/mol. The van der Waals surface area contributed by atoms with Crippen molar-refractivity contribution in [3.8, 4) is 11.5 Å². The summed E-state index contributed by atoms with van der Waals surface area (Å²) in [6.45, 7) is 0.154. The quantitative estimate of drug-likeness (QED) is 0.715. The van der Waals surface area contributed by atoms with Gasteiger partial charge in [-0.2, -0.15) is 4.31 Å². The van der Waals surface area contributed by atoms with Gasteiger partial charge in [0.15, 0.2) is 0 Å². The van der Waals surface area contributed by atoms with Crippen LogP contribution in [0.2, 0.25) is 0 Å². The van der Waals surface area contributed by atoms with Crippen LogP contribution in [0.3, 0.4) is 0 Å². The molecule has 0 atom stereocenters. The van der Waals surface area contributed by atoms with Crippen molar-refractivity contribution in [2.75, 3.05) is 25.5 Å². The Kier molecular flexibility index (Phi) is 6.75. The number of sulfonamides is 1. The Bertz CT molecular complexity index is 1020. The number of amides is 1. The van der Waals surface area contributed by atoms with Crippen molar-refractivity contribution in [3.63, 3.8) is 0 Å². The molecule has 31 heavy (non-hydrogen) atoms. The van der Waals surface area contributed by atoms with Crippen molar-refractivity contribution >= 4 is 21.6 Å². The first-order valence-electron chi connectivity index (χ1n) is 9.39. The van der Waals surface area contributed by atoms with Crippen molar-refractivity contribution < 1.29 is 35.9 Å². The van der Waals surface area contributed by atoms with Crippen LogP contribution in [0.4, 0.5) is 18.9 Å². The Morgan fingerprint density at radius 2 is 1.71 bits per heavy atom. The van der Waals surface area contributed by atoms with E-state index < -0.39 is 22.1 Å². The summed E-state index contributed by atoms with van der Waals surface area (Å²) in [5.74, 6) is -0.556. The summed E-state index contributed by atoms with van der Waals surface area (Å²) < 4.78 is 72.9. The Balaban J connectivity index is 1.61. The van der Waals surface area contributed by atoms with E-state index in [1.165, 1.54) is 19.2 Å². The highest BCUT2D eigenvalue weighted by molar-refractivity contribution is 7.89. The third-order valence-electron chi connectivity index (χ3n) is 4.86. The molecule has 1 N–H and O–H groups in total. The molecule has 1 aliphatic heterocycles. The molecule has 0 aliphatic carbocycles. The number of carbonyl (C=O) groups is 1. The largest absolute Gasteiger partial charge is 0.573 e. The molecule has 1 saturated heterocycles. The Labute approximate surface area is 177 Å². The van der Waals surface area contributed by atoms with E-state index in [9.17, 15) is 26.4 Å². The molecule has 0 bridgehead atoms. The zero-order chi connectivity index (χ0) is 22.6. The fraction of sp³-hybridized carbons (Fsp3) is 0.350. The third kappa shape index (κ3) is 5.88. The molecule has 0 unspecified atom stereocenters. The molecule has 0 saturated carbocycles. The predicted octanol–water partition coefficient (Wildman–Crippen LogP) is 3.63. The number of piperidine rings is 1. The van der Waals surface area contributed by atoms with Gasteiger partial charge in [-0.25, -0.2) is 8.42 Å². The van der Waals surface area contributed by atoms with E-state index in [0.717, 1.165) is 16.4 Å². The molecule has 0 radical (unpaired) electrons. The van der Waals surface area contributed by atoms with Crippen molar-refractivity contribution in [2.45, 2.75) is 24.1 Å². The molecule has 1 fully saturated rings. The van der Waals surface area contributed by atoms with Crippen LogP contribution in [0.15, 0.2) is 53.4 Å². The third-order valence-corrected chi connectivity index (χ3v) is 6.75. The number of halogens is 3. The van der Waals surface area contributed by atoms with Gasteiger partial charge in [0.25, 0.3) is 0 Å². The van der Waals surface area contributed by atoms with Crippen molar-refractivity contribution in [1.29, 1.82) is 0 Å². The maximum Gasteiger partial charge on any atom is 0.573 e. The molecule has 3 rings (SSSR count). The van der Waals surface area contributed by atoms with Crippen LogP contribution in [0.1, 0.15) is 12.8 Å². The normalized spacial score (nSPS) is 16.0. The fourth-order valence-electron chi connectivity index (χ4n) is 3.26. The van der Waals surface area contributed by atoms with Crippen LogP contribution in [0, 0.1) is 5.92 Å². The molecule has 168 valence electrons. The molecular weight excluding hydrogens is 437 g/mol. The summed E-state index contributed by atoms with van der Waals surface area (Å²) in [5.41, 5.74) is 0.599. The van der Waals surface area contributed by atoms with E-state index in [0.29, 0.717) is 24.3 Å². The molecule has 2 aromatic rings. The lowest BCUT2D eigenvalue weighted by molar-refractivity contribution is -0.274. The second kappa shape index (κ2) is 9.15. The lowest BCUT2D eigenvalue weighted by Crippen LogP contribution is -2.41. The summed E-state index contributed by atoms with van der Waals surface area (Å²) >= 11 is 0. The molecule has 1 amide bonds. The molecule has 1 heterocycles. The smallest absolute Gasteiger partial charge is 0.497 e. The SMILES string of the molecule is COc1ccc(NC(=O)C2CCN(S(=O)(=O)c3cccc(OC(F)(F)F)c3)CC2)cc1. The number of anilines is 1. The van der Waals surface area contributed by atoms with E-state index in [-0.39, 0.29) is 29.8 Å². The topological polar surface area (TPSA) is 84.9 Å². The van der Waals surface area contributed by atoms with Crippen molar-refractivity contribution in [3.05, 3.63) is 48.5 Å². The van der Waals surface area contributed by atoms with Crippen LogP contribution >= 0.6 is 0 Å². The van der Waals surface area contributed by atoms with E-state index in [4.69, 9.17) is 4.74 Å². The zero-order valence-electron chi connectivity index (χ0n) is 16.6. The number of hydrogen-bond acceptors (Lipinski definition) is 5. The number of alkyl halides is 3. The maximum absolute atomic E-state index is 12.8. The monoisotopic (exact) mass is 458 g/mol. The number of methoxy groups -OCH3 is 1. The number of nitrogens with one attached hydrogen (secondary N) is 1. The van der Waals surface area contributed by atoms with Gasteiger partial charge in [0.05, 0.1) is 12.0 Å². The zero-order valence-corrected chi connectivity index (χ0v) is 17.4. The predicted molar refractivity (Wildman–Crippen MR) is 106 cm³/mol. The first-order chi connectivity index (χ1) is 14.6. The molecule has 0 aromatic heterocycles. The van der Waals surface area contributed by atoms with Crippen molar-refractivity contribution in [2.24, 2.45) is 5.92 Å². The second-order valence-corrected chi connectivity index (χ2v) is 8.86. The van der Waals surface area contributed by atoms with Crippen molar-refractivity contribution in [1.82, 2.24) is 4.31 Å². The van der Waals surface area contributed by atoms with Gasteiger partial charge < -0.3 is 14.8 Å². The first kappa shape index (κ1) is 22.9. The molecule has 7 nitrogen and oxygen atoms in total. The van der Waals surface area contributed by atoms with Gasteiger partial charge in [0.2, 0.25) is 15.9 Å². The summed E-state index contributed by atoms with van der Waals surface area (Å²) in [6, 6.07) is 11.1. The van der Waals surface area contributed by atoms with Gasteiger partial charge in [-0.3, -0.25) is 4.79 Å². The van der Waals surface area contributed by atoms with E-state index in [2.05, 4.69) is 10.1 Å². The standard InChI is InChI=1S/C20H21F3N2O5S/c1-29-16-7-5-15(6-8-16)24-19(26)14-9-11-25(12-10-14)31(27,28)18-4-2-3-17(13-18)30-20(21,22)23/h2-8,13-14H,9-12H2,1H3,(H,24,26). The number of hydrogen-bond donors (Lipinski definition) is 1. The molecule has 0 spiro atoms.